The third-order valence-corrected chi connectivity index (χ3v) is 8.55. The summed E-state index contributed by atoms with van der Waals surface area (Å²) in [5.74, 6) is -0.315. The van der Waals surface area contributed by atoms with Crippen molar-refractivity contribution >= 4 is 35.3 Å². The predicted octanol–water partition coefficient (Wildman–Crippen LogP) is 3.82. The summed E-state index contributed by atoms with van der Waals surface area (Å²) in [6.45, 7) is 5.03. The number of nitrogens with one attached hydrogen (secondary N) is 2. The molecular formula is C35H39N5O7. The number of carbonyl (C=O) groups excluding carboxylic acids is 4. The molecule has 1 aliphatic carbocycles. The Hall–Kier alpha value is -4.81. The molecule has 246 valence electrons. The maximum absolute atomic E-state index is 13.7. The minimum atomic E-state index is -0.749. The molecular weight excluding hydrogens is 602 g/mol. The van der Waals surface area contributed by atoms with Gasteiger partial charge in [0.1, 0.15) is 31.3 Å². The van der Waals surface area contributed by atoms with Crippen molar-refractivity contribution in [2.24, 2.45) is 0 Å². The van der Waals surface area contributed by atoms with Crippen molar-refractivity contribution < 1.29 is 33.4 Å². The topological polar surface area (TPSA) is 139 Å². The summed E-state index contributed by atoms with van der Waals surface area (Å²) in [5, 5.41) is 5.86. The van der Waals surface area contributed by atoms with Crippen molar-refractivity contribution in [3.63, 3.8) is 0 Å². The molecule has 0 bridgehead atoms. The normalized spacial score (nSPS) is 21.5. The molecule has 47 heavy (non-hydrogen) atoms. The molecule has 3 aromatic rings. The lowest BCUT2D eigenvalue weighted by Crippen LogP contribution is -2.48. The van der Waals surface area contributed by atoms with Crippen molar-refractivity contribution in [1.29, 1.82) is 0 Å². The lowest BCUT2D eigenvalue weighted by molar-refractivity contribution is -0.141. The minimum absolute atomic E-state index is 0.0251. The van der Waals surface area contributed by atoms with Gasteiger partial charge >= 0.3 is 6.09 Å². The Labute approximate surface area is 273 Å². The molecule has 2 N–H and O–H groups in total. The first-order valence-electron chi connectivity index (χ1n) is 15.7. The number of hydrogen-bond acceptors (Lipinski definition) is 8. The first kappa shape index (κ1) is 32.1. The Morgan fingerprint density at radius 3 is 2.57 bits per heavy atom. The number of rotatable bonds is 4. The third-order valence-electron chi connectivity index (χ3n) is 8.55. The van der Waals surface area contributed by atoms with Crippen LogP contribution in [0.1, 0.15) is 49.1 Å². The summed E-state index contributed by atoms with van der Waals surface area (Å²) >= 11 is 0. The molecule has 1 saturated heterocycles. The number of ether oxygens (including phenoxy) is 3. The van der Waals surface area contributed by atoms with Gasteiger partial charge in [-0.25, -0.2) is 9.78 Å². The van der Waals surface area contributed by atoms with Gasteiger partial charge in [0.25, 0.3) is 0 Å². The van der Waals surface area contributed by atoms with Gasteiger partial charge in [-0.1, -0.05) is 42.5 Å². The van der Waals surface area contributed by atoms with Gasteiger partial charge in [0.15, 0.2) is 0 Å². The highest BCUT2D eigenvalue weighted by Crippen LogP contribution is 2.47. The van der Waals surface area contributed by atoms with Gasteiger partial charge in [-0.15, -0.1) is 0 Å². The number of amides is 4. The number of pyridine rings is 1. The SMILES string of the molecule is CC(C)(C)OC(=O)N1COCCOCC(=O)N(CC(=O)Nc2ccc3c(c2)C[C@@]2(C3)C(=O)Nc3ncccc32)[C@H](c2ccccc2)C1. The zero-order valence-electron chi connectivity index (χ0n) is 26.8. The summed E-state index contributed by atoms with van der Waals surface area (Å²) in [6, 6.07) is 17.9. The monoisotopic (exact) mass is 641 g/mol. The van der Waals surface area contributed by atoms with E-state index in [-0.39, 0.29) is 45.5 Å². The molecule has 4 amide bonds. The number of aromatic nitrogens is 1. The van der Waals surface area contributed by atoms with Gasteiger partial charge in [-0.05, 0) is 68.5 Å². The standard InChI is InChI=1S/C35H39N5O7/c1-34(2,3)47-33(44)39-19-28(23-8-5-4-6-9-23)40(30(42)21-45-14-15-46-22-39)20-29(41)37-26-12-11-24-17-35(18-25(24)16-26)27-10-7-13-36-31(27)38-32(35)43/h4-13,16,28H,14-15,17-22H2,1-3H3,(H,37,41)(H,36,38,43)/t28-,35+/m0/s1. The van der Waals surface area contributed by atoms with E-state index in [0.29, 0.717) is 24.3 Å². The second-order valence-electron chi connectivity index (χ2n) is 13.1. The van der Waals surface area contributed by atoms with E-state index >= 15 is 0 Å². The van der Waals surface area contributed by atoms with Crippen molar-refractivity contribution in [2.45, 2.75) is 50.7 Å². The summed E-state index contributed by atoms with van der Waals surface area (Å²) in [5.41, 5.74) is 2.68. The molecule has 0 radical (unpaired) electrons. The van der Waals surface area contributed by atoms with Crippen LogP contribution in [0.25, 0.3) is 0 Å². The Bertz CT molecular complexity index is 1670. The molecule has 12 heteroatoms. The number of nitrogens with zero attached hydrogens (tertiary/aromatic N) is 3. The third kappa shape index (κ3) is 6.98. The molecule has 2 aliphatic heterocycles. The minimum Gasteiger partial charge on any atom is -0.444 e. The van der Waals surface area contributed by atoms with E-state index in [0.717, 1.165) is 22.3 Å². The average Bonchev–Trinajstić information content (AvgIpc) is 3.54. The Morgan fingerprint density at radius 2 is 1.79 bits per heavy atom. The van der Waals surface area contributed by atoms with Gasteiger partial charge in [0.05, 0.1) is 31.2 Å². The highest BCUT2D eigenvalue weighted by atomic mass is 16.6. The van der Waals surface area contributed by atoms with E-state index < -0.39 is 35.0 Å². The van der Waals surface area contributed by atoms with Crippen molar-refractivity contribution in [3.8, 4) is 0 Å². The highest BCUT2D eigenvalue weighted by Gasteiger charge is 2.51. The van der Waals surface area contributed by atoms with E-state index in [1.807, 2.05) is 54.6 Å². The number of carbonyl (C=O) groups is 4. The second-order valence-corrected chi connectivity index (χ2v) is 13.1. The zero-order valence-corrected chi connectivity index (χ0v) is 26.8. The van der Waals surface area contributed by atoms with Crippen LogP contribution in [-0.2, 0) is 46.9 Å². The molecule has 2 atom stereocenters. The molecule has 6 rings (SSSR count). The van der Waals surface area contributed by atoms with Crippen molar-refractivity contribution in [1.82, 2.24) is 14.8 Å². The zero-order chi connectivity index (χ0) is 33.2. The summed E-state index contributed by atoms with van der Waals surface area (Å²) in [6.07, 6.45) is 2.09. The molecule has 1 aromatic heterocycles. The maximum Gasteiger partial charge on any atom is 0.412 e. The Morgan fingerprint density at radius 1 is 1.02 bits per heavy atom. The molecule has 1 spiro atoms. The number of hydrogen-bond donors (Lipinski definition) is 2. The van der Waals surface area contributed by atoms with Crippen LogP contribution in [0.4, 0.5) is 16.3 Å². The number of anilines is 2. The fourth-order valence-electron chi connectivity index (χ4n) is 6.38. The molecule has 2 aromatic carbocycles. The molecule has 0 unspecified atom stereocenters. The maximum atomic E-state index is 13.7. The van der Waals surface area contributed by atoms with Crippen LogP contribution in [0.3, 0.4) is 0 Å². The van der Waals surface area contributed by atoms with Crippen molar-refractivity contribution in [2.75, 3.05) is 50.3 Å². The lowest BCUT2D eigenvalue weighted by atomic mass is 9.79. The molecule has 3 heterocycles. The van der Waals surface area contributed by atoms with E-state index in [1.165, 1.54) is 9.80 Å². The van der Waals surface area contributed by atoms with E-state index in [1.54, 1.807) is 33.0 Å². The van der Waals surface area contributed by atoms with Crippen LogP contribution in [0.5, 0.6) is 0 Å². The summed E-state index contributed by atoms with van der Waals surface area (Å²) in [7, 11) is 0. The fraction of sp³-hybridized carbons (Fsp3) is 0.400. The second kappa shape index (κ2) is 13.1. The smallest absolute Gasteiger partial charge is 0.412 e. The first-order chi connectivity index (χ1) is 22.5. The van der Waals surface area contributed by atoms with Crippen LogP contribution in [0.15, 0.2) is 66.9 Å². The largest absolute Gasteiger partial charge is 0.444 e. The van der Waals surface area contributed by atoms with Crippen LogP contribution >= 0.6 is 0 Å². The number of benzene rings is 2. The molecule has 3 aliphatic rings. The van der Waals surface area contributed by atoms with Gasteiger partial charge < -0.3 is 29.7 Å². The van der Waals surface area contributed by atoms with Gasteiger partial charge in [-0.2, -0.15) is 0 Å². The predicted molar refractivity (Wildman–Crippen MR) is 172 cm³/mol. The van der Waals surface area contributed by atoms with Crippen molar-refractivity contribution in [3.05, 3.63) is 89.1 Å². The van der Waals surface area contributed by atoms with Gasteiger partial charge in [-0.3, -0.25) is 19.3 Å². The summed E-state index contributed by atoms with van der Waals surface area (Å²) < 4.78 is 16.9. The first-order valence-corrected chi connectivity index (χ1v) is 15.7. The molecule has 12 nitrogen and oxygen atoms in total. The lowest BCUT2D eigenvalue weighted by Gasteiger charge is -2.35. The fourth-order valence-corrected chi connectivity index (χ4v) is 6.38. The van der Waals surface area contributed by atoms with Gasteiger partial charge in [0.2, 0.25) is 17.7 Å². The quantitative estimate of drug-likeness (QED) is 0.439. The van der Waals surface area contributed by atoms with Crippen LogP contribution in [0.2, 0.25) is 0 Å². The molecule has 0 saturated carbocycles. The highest BCUT2D eigenvalue weighted by molar-refractivity contribution is 6.06. The Kier molecular flexibility index (Phi) is 8.98. The van der Waals surface area contributed by atoms with Crippen LogP contribution in [-0.4, -0.2) is 83.8 Å². The van der Waals surface area contributed by atoms with E-state index in [2.05, 4.69) is 15.6 Å². The molecule has 1 fully saturated rings. The van der Waals surface area contributed by atoms with Crippen LogP contribution in [0, 0.1) is 0 Å². The number of fused-ring (bicyclic) bond motifs is 3. The van der Waals surface area contributed by atoms with E-state index in [4.69, 9.17) is 14.2 Å². The van der Waals surface area contributed by atoms with Gasteiger partial charge in [0, 0.05) is 17.4 Å². The Balaban J connectivity index is 1.23. The average molecular weight is 642 g/mol. The van der Waals surface area contributed by atoms with Crippen LogP contribution < -0.4 is 10.6 Å². The summed E-state index contributed by atoms with van der Waals surface area (Å²) in [4.78, 5) is 60.8. The van der Waals surface area contributed by atoms with E-state index in [9.17, 15) is 19.2 Å².